The second kappa shape index (κ2) is 3.53. The van der Waals surface area contributed by atoms with Crippen LogP contribution in [0.4, 0.5) is 0 Å². The molecule has 0 radical (unpaired) electrons. The molecule has 0 saturated heterocycles. The van der Waals surface area contributed by atoms with E-state index in [-0.39, 0.29) is 0 Å². The van der Waals surface area contributed by atoms with E-state index in [0.717, 1.165) is 25.0 Å². The third-order valence-corrected chi connectivity index (χ3v) is 1.97. The van der Waals surface area contributed by atoms with Gasteiger partial charge in [0.15, 0.2) is 5.65 Å². The van der Waals surface area contributed by atoms with Gasteiger partial charge in [-0.1, -0.05) is 0 Å². The van der Waals surface area contributed by atoms with Crippen molar-refractivity contribution in [3.63, 3.8) is 0 Å². The average Bonchev–Trinajstić information content (AvgIpc) is 2.61. The summed E-state index contributed by atoms with van der Waals surface area (Å²) in [5.41, 5.74) is 7.49. The molecule has 0 aliphatic heterocycles. The SMILES string of the molecule is NCCCc1cnc2ccnn2c1. The topological polar surface area (TPSA) is 56.2 Å². The van der Waals surface area contributed by atoms with Gasteiger partial charge in [0, 0.05) is 18.5 Å². The van der Waals surface area contributed by atoms with Gasteiger partial charge in [0.1, 0.15) is 0 Å². The van der Waals surface area contributed by atoms with Gasteiger partial charge in [0.25, 0.3) is 0 Å². The summed E-state index contributed by atoms with van der Waals surface area (Å²) in [6.07, 6.45) is 7.59. The lowest BCUT2D eigenvalue weighted by molar-refractivity contribution is 0.811. The van der Waals surface area contributed by atoms with Crippen LogP contribution in [0.1, 0.15) is 12.0 Å². The minimum atomic E-state index is 0.719. The number of aromatic nitrogens is 3. The van der Waals surface area contributed by atoms with Crippen molar-refractivity contribution in [1.82, 2.24) is 14.6 Å². The van der Waals surface area contributed by atoms with E-state index in [1.807, 2.05) is 18.5 Å². The minimum Gasteiger partial charge on any atom is -0.330 e. The maximum atomic E-state index is 5.43. The third kappa shape index (κ3) is 1.67. The zero-order valence-corrected chi connectivity index (χ0v) is 7.35. The van der Waals surface area contributed by atoms with E-state index in [0.29, 0.717) is 0 Å². The fraction of sp³-hybridized carbons (Fsp3) is 0.333. The Kier molecular flexibility index (Phi) is 2.23. The lowest BCUT2D eigenvalue weighted by Crippen LogP contribution is -2.01. The molecule has 0 bridgehead atoms. The number of hydrogen-bond acceptors (Lipinski definition) is 3. The van der Waals surface area contributed by atoms with Crippen LogP contribution in [0.5, 0.6) is 0 Å². The smallest absolute Gasteiger partial charge is 0.154 e. The molecule has 2 heterocycles. The quantitative estimate of drug-likeness (QED) is 0.745. The number of nitrogens with two attached hydrogens (primary N) is 1. The van der Waals surface area contributed by atoms with Gasteiger partial charge in [-0.05, 0) is 24.9 Å². The first-order chi connectivity index (χ1) is 6.40. The molecule has 2 N–H and O–H groups in total. The maximum Gasteiger partial charge on any atom is 0.154 e. The Morgan fingerprint density at radius 2 is 2.38 bits per heavy atom. The van der Waals surface area contributed by atoms with Crippen LogP contribution in [0, 0.1) is 0 Å². The van der Waals surface area contributed by atoms with Crippen molar-refractivity contribution in [3.05, 3.63) is 30.2 Å². The van der Waals surface area contributed by atoms with Gasteiger partial charge in [-0.15, -0.1) is 0 Å². The summed E-state index contributed by atoms with van der Waals surface area (Å²) >= 11 is 0. The molecule has 0 spiro atoms. The van der Waals surface area contributed by atoms with E-state index < -0.39 is 0 Å². The second-order valence-electron chi connectivity index (χ2n) is 2.99. The molecular weight excluding hydrogens is 164 g/mol. The highest BCUT2D eigenvalue weighted by molar-refractivity contribution is 5.35. The zero-order valence-electron chi connectivity index (χ0n) is 7.35. The predicted octanol–water partition coefficient (Wildman–Crippen LogP) is 0.621. The van der Waals surface area contributed by atoms with E-state index in [2.05, 4.69) is 10.1 Å². The van der Waals surface area contributed by atoms with Crippen molar-refractivity contribution < 1.29 is 0 Å². The molecule has 2 rings (SSSR count). The summed E-state index contributed by atoms with van der Waals surface area (Å²) in [5, 5.41) is 4.11. The Bertz CT molecular complexity index is 393. The maximum absolute atomic E-state index is 5.43. The summed E-state index contributed by atoms with van der Waals surface area (Å²) in [6, 6.07) is 1.88. The monoisotopic (exact) mass is 176 g/mol. The molecule has 13 heavy (non-hydrogen) atoms. The fourth-order valence-corrected chi connectivity index (χ4v) is 1.28. The Hall–Kier alpha value is -1.42. The summed E-state index contributed by atoms with van der Waals surface area (Å²) in [6.45, 7) is 0.719. The van der Waals surface area contributed by atoms with Crippen LogP contribution in [0.25, 0.3) is 5.65 Å². The van der Waals surface area contributed by atoms with Crippen LogP contribution in [0.3, 0.4) is 0 Å². The van der Waals surface area contributed by atoms with Crippen LogP contribution >= 0.6 is 0 Å². The molecule has 68 valence electrons. The molecule has 0 saturated carbocycles. The van der Waals surface area contributed by atoms with Gasteiger partial charge in [0.2, 0.25) is 0 Å². The molecule has 2 aromatic heterocycles. The molecule has 0 aliphatic rings. The molecule has 0 amide bonds. The lowest BCUT2D eigenvalue weighted by Gasteiger charge is -1.99. The summed E-state index contributed by atoms with van der Waals surface area (Å²) in [7, 11) is 0. The lowest BCUT2D eigenvalue weighted by atomic mass is 10.2. The minimum absolute atomic E-state index is 0.719. The molecule has 0 aliphatic carbocycles. The van der Waals surface area contributed by atoms with E-state index >= 15 is 0 Å². The molecule has 0 atom stereocenters. The van der Waals surface area contributed by atoms with Crippen molar-refractivity contribution in [2.24, 2.45) is 5.73 Å². The van der Waals surface area contributed by atoms with Gasteiger partial charge >= 0.3 is 0 Å². The highest BCUT2D eigenvalue weighted by Crippen LogP contribution is 2.03. The van der Waals surface area contributed by atoms with Crippen LogP contribution in [0.15, 0.2) is 24.7 Å². The largest absolute Gasteiger partial charge is 0.330 e. The van der Waals surface area contributed by atoms with Crippen molar-refractivity contribution in [3.8, 4) is 0 Å². The van der Waals surface area contributed by atoms with Crippen LogP contribution < -0.4 is 5.73 Å². The molecule has 4 heteroatoms. The fourth-order valence-electron chi connectivity index (χ4n) is 1.28. The Morgan fingerprint density at radius 1 is 1.46 bits per heavy atom. The molecule has 2 aromatic rings. The van der Waals surface area contributed by atoms with Crippen LogP contribution in [-0.2, 0) is 6.42 Å². The van der Waals surface area contributed by atoms with E-state index in [4.69, 9.17) is 5.73 Å². The number of hydrogen-bond donors (Lipinski definition) is 1. The zero-order chi connectivity index (χ0) is 9.10. The molecule has 4 nitrogen and oxygen atoms in total. The van der Waals surface area contributed by atoms with Gasteiger partial charge < -0.3 is 5.73 Å². The van der Waals surface area contributed by atoms with E-state index in [1.54, 1.807) is 10.7 Å². The first-order valence-corrected chi connectivity index (χ1v) is 4.38. The predicted molar refractivity (Wildman–Crippen MR) is 50.4 cm³/mol. The normalized spacial score (nSPS) is 10.8. The highest BCUT2D eigenvalue weighted by atomic mass is 15.2. The Balaban J connectivity index is 2.26. The second-order valence-corrected chi connectivity index (χ2v) is 2.99. The standard InChI is InChI=1S/C9H12N4/c10-4-1-2-8-6-11-9-3-5-12-13(9)7-8/h3,5-7H,1-2,4,10H2. The van der Waals surface area contributed by atoms with Crippen molar-refractivity contribution in [1.29, 1.82) is 0 Å². The van der Waals surface area contributed by atoms with Gasteiger partial charge in [-0.25, -0.2) is 9.50 Å². The number of nitrogens with zero attached hydrogens (tertiary/aromatic N) is 3. The van der Waals surface area contributed by atoms with Crippen molar-refractivity contribution >= 4 is 5.65 Å². The van der Waals surface area contributed by atoms with Crippen LogP contribution in [0.2, 0.25) is 0 Å². The summed E-state index contributed by atoms with van der Waals surface area (Å²) in [5.74, 6) is 0. The summed E-state index contributed by atoms with van der Waals surface area (Å²) < 4.78 is 1.78. The third-order valence-electron chi connectivity index (χ3n) is 1.97. The number of rotatable bonds is 3. The Labute approximate surface area is 76.4 Å². The van der Waals surface area contributed by atoms with Gasteiger partial charge in [-0.3, -0.25) is 0 Å². The van der Waals surface area contributed by atoms with E-state index in [9.17, 15) is 0 Å². The molecular formula is C9H12N4. The summed E-state index contributed by atoms with van der Waals surface area (Å²) in [4.78, 5) is 4.25. The highest BCUT2D eigenvalue weighted by Gasteiger charge is 1.96. The van der Waals surface area contributed by atoms with Crippen molar-refractivity contribution in [2.45, 2.75) is 12.8 Å². The Morgan fingerprint density at radius 3 is 3.23 bits per heavy atom. The molecule has 0 fully saturated rings. The first-order valence-electron chi connectivity index (χ1n) is 4.38. The molecule has 0 unspecified atom stereocenters. The van der Waals surface area contributed by atoms with Gasteiger partial charge in [-0.2, -0.15) is 5.10 Å². The number of fused-ring (bicyclic) bond motifs is 1. The van der Waals surface area contributed by atoms with Crippen molar-refractivity contribution in [2.75, 3.05) is 6.54 Å². The first kappa shape index (κ1) is 8.19. The molecule has 0 aromatic carbocycles. The van der Waals surface area contributed by atoms with Crippen LogP contribution in [-0.4, -0.2) is 21.1 Å². The number of aryl methyl sites for hydroxylation is 1. The van der Waals surface area contributed by atoms with Gasteiger partial charge in [0.05, 0.1) is 6.20 Å². The van der Waals surface area contributed by atoms with E-state index in [1.165, 1.54) is 5.56 Å². The average molecular weight is 176 g/mol.